The van der Waals surface area contributed by atoms with Gasteiger partial charge in [-0.2, -0.15) is 0 Å². The highest BCUT2D eigenvalue weighted by Gasteiger charge is 2.18. The maximum absolute atomic E-state index is 12.3. The molecule has 0 spiro atoms. The number of rotatable bonds is 5. The second kappa shape index (κ2) is 5.92. The van der Waals surface area contributed by atoms with Gasteiger partial charge in [-0.05, 0) is 12.1 Å². The monoisotopic (exact) mass is 309 g/mol. The Bertz CT molecular complexity index is 721. The third-order valence-electron chi connectivity index (χ3n) is 2.76. The summed E-state index contributed by atoms with van der Waals surface area (Å²) in [6.07, 6.45) is 0. The Hall–Kier alpha value is -2.41. The molecular formula is C14H15NO5S. The molecule has 0 saturated heterocycles. The molecule has 0 unspecified atom stereocenters. The van der Waals surface area contributed by atoms with Crippen molar-refractivity contribution in [1.29, 1.82) is 0 Å². The van der Waals surface area contributed by atoms with Gasteiger partial charge in [0.15, 0.2) is 0 Å². The number of hydrogen-bond donors (Lipinski definition) is 2. The first-order chi connectivity index (χ1) is 9.96. The third kappa shape index (κ3) is 3.38. The molecular weight excluding hydrogens is 294 g/mol. The van der Waals surface area contributed by atoms with Crippen molar-refractivity contribution in [3.8, 4) is 17.2 Å². The highest BCUT2D eigenvalue weighted by Crippen LogP contribution is 2.29. The molecule has 2 aromatic rings. The van der Waals surface area contributed by atoms with Crippen LogP contribution in [0, 0.1) is 0 Å². The van der Waals surface area contributed by atoms with Crippen LogP contribution in [0.25, 0.3) is 0 Å². The lowest BCUT2D eigenvalue weighted by atomic mass is 10.3. The lowest BCUT2D eigenvalue weighted by Gasteiger charge is -2.12. The minimum absolute atomic E-state index is 0.202. The van der Waals surface area contributed by atoms with E-state index < -0.39 is 10.0 Å². The molecule has 0 atom stereocenters. The number of aromatic hydroxyl groups is 1. The minimum atomic E-state index is -3.91. The molecule has 0 aromatic heterocycles. The summed E-state index contributed by atoms with van der Waals surface area (Å²) < 4.78 is 37.1. The van der Waals surface area contributed by atoms with Crippen molar-refractivity contribution in [3.63, 3.8) is 0 Å². The highest BCUT2D eigenvalue weighted by atomic mass is 32.2. The van der Waals surface area contributed by atoms with Gasteiger partial charge in [-0.15, -0.1) is 0 Å². The number of para-hydroxylation sites is 1. The van der Waals surface area contributed by atoms with Gasteiger partial charge in [0, 0.05) is 18.2 Å². The van der Waals surface area contributed by atoms with Crippen molar-refractivity contribution in [2.45, 2.75) is 4.90 Å². The normalized spacial score (nSPS) is 11.0. The van der Waals surface area contributed by atoms with E-state index >= 15 is 0 Å². The Labute approximate surface area is 123 Å². The van der Waals surface area contributed by atoms with Crippen LogP contribution in [0.3, 0.4) is 0 Å². The van der Waals surface area contributed by atoms with Crippen LogP contribution in [0.1, 0.15) is 0 Å². The fraction of sp³-hybridized carbons (Fsp3) is 0.143. The summed E-state index contributed by atoms with van der Waals surface area (Å²) in [4.78, 5) is -0.202. The molecule has 0 heterocycles. The highest BCUT2D eigenvalue weighted by molar-refractivity contribution is 7.92. The predicted octanol–water partition coefficient (Wildman–Crippen LogP) is 2.21. The molecule has 0 aliphatic rings. The molecule has 2 N–H and O–H groups in total. The number of nitrogens with one attached hydrogen (secondary N) is 1. The lowest BCUT2D eigenvalue weighted by Crippen LogP contribution is -2.13. The summed E-state index contributed by atoms with van der Waals surface area (Å²) in [5.74, 6) is 0.577. The molecule has 7 heteroatoms. The molecule has 0 fully saturated rings. The van der Waals surface area contributed by atoms with Crippen LogP contribution in [-0.2, 0) is 10.0 Å². The van der Waals surface area contributed by atoms with Crippen LogP contribution in [0.5, 0.6) is 17.2 Å². The average Bonchev–Trinajstić information content (AvgIpc) is 2.46. The summed E-state index contributed by atoms with van der Waals surface area (Å²) in [7, 11) is -0.968. The first-order valence-corrected chi connectivity index (χ1v) is 7.48. The molecule has 0 saturated carbocycles. The van der Waals surface area contributed by atoms with Gasteiger partial charge in [0.2, 0.25) is 0 Å². The molecule has 2 aromatic carbocycles. The number of sulfonamides is 1. The molecule has 2 rings (SSSR count). The first-order valence-electron chi connectivity index (χ1n) is 6.00. The maximum Gasteiger partial charge on any atom is 0.265 e. The van der Waals surface area contributed by atoms with Crippen LogP contribution in [0.4, 0.5) is 5.69 Å². The van der Waals surface area contributed by atoms with E-state index in [1.807, 2.05) is 0 Å². The largest absolute Gasteiger partial charge is 0.507 e. The number of anilines is 1. The van der Waals surface area contributed by atoms with Crippen LogP contribution in [-0.4, -0.2) is 27.7 Å². The fourth-order valence-electron chi connectivity index (χ4n) is 1.76. The Kier molecular flexibility index (Phi) is 4.23. The van der Waals surface area contributed by atoms with Gasteiger partial charge in [-0.25, -0.2) is 8.42 Å². The summed E-state index contributed by atoms with van der Waals surface area (Å²) >= 11 is 0. The Morgan fingerprint density at radius 1 is 1.00 bits per heavy atom. The molecule has 21 heavy (non-hydrogen) atoms. The van der Waals surface area contributed by atoms with E-state index in [0.717, 1.165) is 0 Å². The molecule has 6 nitrogen and oxygen atoms in total. The predicted molar refractivity (Wildman–Crippen MR) is 78.5 cm³/mol. The van der Waals surface area contributed by atoms with E-state index in [0.29, 0.717) is 11.5 Å². The number of ether oxygens (including phenoxy) is 2. The quantitative estimate of drug-likeness (QED) is 0.884. The SMILES string of the molecule is COc1cc(NS(=O)(=O)c2ccccc2O)cc(OC)c1. The van der Waals surface area contributed by atoms with Gasteiger partial charge in [-0.3, -0.25) is 4.72 Å². The summed E-state index contributed by atoms with van der Waals surface area (Å²) in [6.45, 7) is 0. The van der Waals surface area contributed by atoms with Crippen molar-refractivity contribution in [2.24, 2.45) is 0 Å². The van der Waals surface area contributed by atoms with Crippen molar-refractivity contribution in [3.05, 3.63) is 42.5 Å². The van der Waals surface area contributed by atoms with Gasteiger partial charge in [0.25, 0.3) is 10.0 Å². The van der Waals surface area contributed by atoms with Gasteiger partial charge < -0.3 is 14.6 Å². The second-order valence-electron chi connectivity index (χ2n) is 4.17. The fourth-order valence-corrected chi connectivity index (χ4v) is 2.90. The average molecular weight is 309 g/mol. The van der Waals surface area contributed by atoms with E-state index in [-0.39, 0.29) is 16.3 Å². The van der Waals surface area contributed by atoms with E-state index in [9.17, 15) is 13.5 Å². The molecule has 0 radical (unpaired) electrons. The van der Waals surface area contributed by atoms with Gasteiger partial charge in [-0.1, -0.05) is 12.1 Å². The van der Waals surface area contributed by atoms with E-state index in [1.54, 1.807) is 12.1 Å². The maximum atomic E-state index is 12.3. The Morgan fingerprint density at radius 2 is 1.57 bits per heavy atom. The van der Waals surface area contributed by atoms with Crippen molar-refractivity contribution >= 4 is 15.7 Å². The zero-order valence-corrected chi connectivity index (χ0v) is 12.3. The molecule has 0 bridgehead atoms. The van der Waals surface area contributed by atoms with E-state index in [2.05, 4.69) is 4.72 Å². The standard InChI is InChI=1S/C14H15NO5S/c1-19-11-7-10(8-12(9-11)20-2)15-21(17,18)14-6-4-3-5-13(14)16/h3-9,15-16H,1-2H3. The van der Waals surface area contributed by atoms with Crippen LogP contribution < -0.4 is 14.2 Å². The summed E-state index contributed by atoms with van der Waals surface area (Å²) in [5, 5.41) is 9.66. The number of benzene rings is 2. The molecule has 112 valence electrons. The molecule has 0 aliphatic heterocycles. The van der Waals surface area contributed by atoms with E-state index in [1.165, 1.54) is 44.6 Å². The van der Waals surface area contributed by atoms with Crippen molar-refractivity contribution < 1.29 is 23.0 Å². The number of hydrogen-bond acceptors (Lipinski definition) is 5. The zero-order valence-electron chi connectivity index (χ0n) is 11.5. The number of phenolic OH excluding ortho intramolecular Hbond substituents is 1. The summed E-state index contributed by atoms with van der Waals surface area (Å²) in [5.41, 5.74) is 0.273. The Morgan fingerprint density at radius 3 is 2.10 bits per heavy atom. The Balaban J connectivity index is 2.39. The molecule has 0 amide bonds. The smallest absolute Gasteiger partial charge is 0.265 e. The minimum Gasteiger partial charge on any atom is -0.507 e. The van der Waals surface area contributed by atoms with Crippen molar-refractivity contribution in [1.82, 2.24) is 0 Å². The van der Waals surface area contributed by atoms with Gasteiger partial charge in [0.1, 0.15) is 22.1 Å². The van der Waals surface area contributed by atoms with Gasteiger partial charge >= 0.3 is 0 Å². The molecule has 0 aliphatic carbocycles. The second-order valence-corrected chi connectivity index (χ2v) is 5.83. The first kappa shape index (κ1) is 15.0. The third-order valence-corrected chi connectivity index (χ3v) is 4.19. The van der Waals surface area contributed by atoms with Crippen molar-refractivity contribution in [2.75, 3.05) is 18.9 Å². The summed E-state index contributed by atoms with van der Waals surface area (Å²) in [6, 6.07) is 10.3. The van der Waals surface area contributed by atoms with E-state index in [4.69, 9.17) is 9.47 Å². The number of phenols is 1. The van der Waals surface area contributed by atoms with Gasteiger partial charge in [0.05, 0.1) is 19.9 Å². The van der Waals surface area contributed by atoms with Crippen LogP contribution >= 0.6 is 0 Å². The zero-order chi connectivity index (χ0) is 15.5. The number of methoxy groups -OCH3 is 2. The van der Waals surface area contributed by atoms with Crippen LogP contribution in [0.15, 0.2) is 47.4 Å². The topological polar surface area (TPSA) is 84.9 Å². The lowest BCUT2D eigenvalue weighted by molar-refractivity contribution is 0.395. The van der Waals surface area contributed by atoms with Crippen LogP contribution in [0.2, 0.25) is 0 Å².